The fourth-order valence-corrected chi connectivity index (χ4v) is 3.33. The van der Waals surface area contributed by atoms with E-state index in [1.54, 1.807) is 18.5 Å². The molecule has 0 saturated heterocycles. The van der Waals surface area contributed by atoms with E-state index in [2.05, 4.69) is 32.2 Å². The van der Waals surface area contributed by atoms with Gasteiger partial charge in [0.25, 0.3) is 0 Å². The second kappa shape index (κ2) is 9.58. The van der Waals surface area contributed by atoms with Gasteiger partial charge in [0.15, 0.2) is 0 Å². The number of aromatic nitrogens is 2. The van der Waals surface area contributed by atoms with Crippen molar-refractivity contribution < 1.29 is 4.79 Å². The Morgan fingerprint density at radius 3 is 2.91 bits per heavy atom. The summed E-state index contributed by atoms with van der Waals surface area (Å²) in [4.78, 5) is 20.1. The van der Waals surface area contributed by atoms with Crippen LogP contribution in [0.25, 0.3) is 11.5 Å². The smallest absolute Gasteiger partial charge is 0.342 e. The van der Waals surface area contributed by atoms with Crippen LogP contribution in [0.2, 0.25) is 0 Å². The number of benzene rings is 2. The molecule has 1 aromatic heterocycles. The minimum atomic E-state index is -0.291. The van der Waals surface area contributed by atoms with Crippen LogP contribution in [0.5, 0.6) is 0 Å². The van der Waals surface area contributed by atoms with Gasteiger partial charge in [-0.25, -0.2) is 14.8 Å². The van der Waals surface area contributed by atoms with Crippen LogP contribution in [0.15, 0.2) is 65.9 Å². The van der Waals surface area contributed by atoms with Crippen molar-refractivity contribution in [2.24, 2.45) is 5.10 Å². The van der Waals surface area contributed by atoms with Crippen molar-refractivity contribution in [3.63, 3.8) is 0 Å². The SMILES string of the molecule is Cc1ccc(NC(=O)N2N=CCC2c2ccccc2)cc1C#Cc1cnc(/C=C\C=[N-])[nH]1. The number of carbonyl (C=O) groups excluding carboxylic acids is 1. The van der Waals surface area contributed by atoms with Crippen molar-refractivity contribution in [1.29, 1.82) is 0 Å². The van der Waals surface area contributed by atoms with Crippen molar-refractivity contribution >= 4 is 30.2 Å². The van der Waals surface area contributed by atoms with Crippen molar-refractivity contribution in [1.82, 2.24) is 15.0 Å². The second-order valence-corrected chi connectivity index (χ2v) is 7.20. The Bertz CT molecular complexity index is 1250. The first kappa shape index (κ1) is 20.8. The number of hydrogen-bond donors (Lipinski definition) is 2. The number of urea groups is 1. The molecule has 2 heterocycles. The number of aromatic amines is 1. The lowest BCUT2D eigenvalue weighted by atomic mass is 10.1. The molecule has 7 heteroatoms. The van der Waals surface area contributed by atoms with Gasteiger partial charge >= 0.3 is 6.03 Å². The first-order valence-electron chi connectivity index (χ1n) is 10.1. The minimum absolute atomic E-state index is 0.118. The van der Waals surface area contributed by atoms with E-state index < -0.39 is 0 Å². The Morgan fingerprint density at radius 2 is 2.09 bits per heavy atom. The molecule has 0 spiro atoms. The van der Waals surface area contributed by atoms with E-state index in [0.717, 1.165) is 22.9 Å². The highest BCUT2D eigenvalue weighted by atomic mass is 16.2. The number of anilines is 1. The van der Waals surface area contributed by atoms with Gasteiger partial charge in [0.1, 0.15) is 11.5 Å². The predicted octanol–water partition coefficient (Wildman–Crippen LogP) is 4.74. The van der Waals surface area contributed by atoms with Gasteiger partial charge in [-0.15, -0.1) is 0 Å². The largest absolute Gasteiger partial charge is 0.811 e. The van der Waals surface area contributed by atoms with E-state index >= 15 is 0 Å². The zero-order valence-corrected chi connectivity index (χ0v) is 17.5. The lowest BCUT2D eigenvalue weighted by molar-refractivity contribution is 0.200. The number of aryl methyl sites for hydroxylation is 1. The van der Waals surface area contributed by atoms with E-state index in [0.29, 0.717) is 23.6 Å². The standard InChI is InChI=1S/C25H21N6O/c1-18-9-11-21(16-20(18)10-12-22-17-27-24(29-22)8-5-14-26)30-25(32)31-23(13-15-28-31)19-6-3-2-4-7-19/h2-9,11,14-17,23H,13H2,1H3,(H,27,29)(H,30,32)/q-1/b8-5-. The number of carbonyl (C=O) groups is 1. The Labute approximate surface area is 186 Å². The van der Waals surface area contributed by atoms with Gasteiger partial charge < -0.3 is 15.7 Å². The number of H-pyrrole nitrogens is 1. The summed E-state index contributed by atoms with van der Waals surface area (Å²) in [6, 6.07) is 15.1. The van der Waals surface area contributed by atoms with Crippen molar-refractivity contribution in [3.05, 3.63) is 94.4 Å². The number of amides is 2. The summed E-state index contributed by atoms with van der Waals surface area (Å²) < 4.78 is 0. The topological polar surface area (TPSA) is 95.7 Å². The molecule has 1 atom stereocenters. The third-order valence-electron chi connectivity index (χ3n) is 4.98. The quantitative estimate of drug-likeness (QED) is 0.470. The lowest BCUT2D eigenvalue weighted by Gasteiger charge is -2.22. The fourth-order valence-electron chi connectivity index (χ4n) is 3.33. The van der Waals surface area contributed by atoms with E-state index in [1.165, 1.54) is 11.1 Å². The molecule has 0 saturated carbocycles. The summed E-state index contributed by atoms with van der Waals surface area (Å²) in [6.45, 7) is 1.96. The normalized spacial score (nSPS) is 14.9. The summed E-state index contributed by atoms with van der Waals surface area (Å²) >= 11 is 0. The summed E-state index contributed by atoms with van der Waals surface area (Å²) in [6.07, 6.45) is 8.11. The fraction of sp³-hybridized carbons (Fsp3) is 0.120. The summed E-state index contributed by atoms with van der Waals surface area (Å²) in [5.41, 5.74) is 4.12. The van der Waals surface area contributed by atoms with Crippen LogP contribution in [-0.4, -0.2) is 33.4 Å². The first-order valence-corrected chi connectivity index (χ1v) is 10.1. The Kier molecular flexibility index (Phi) is 6.23. The molecule has 0 fully saturated rings. The lowest BCUT2D eigenvalue weighted by Crippen LogP contribution is -2.31. The van der Waals surface area contributed by atoms with E-state index in [9.17, 15) is 4.79 Å². The highest BCUT2D eigenvalue weighted by Gasteiger charge is 2.28. The molecule has 2 aromatic carbocycles. The van der Waals surface area contributed by atoms with Gasteiger partial charge in [-0.1, -0.05) is 48.4 Å². The average molecular weight is 421 g/mol. The van der Waals surface area contributed by atoms with Crippen LogP contribution >= 0.6 is 0 Å². The van der Waals surface area contributed by atoms with Crippen LogP contribution in [0.1, 0.15) is 40.7 Å². The maximum absolute atomic E-state index is 12.9. The number of rotatable bonds is 4. The van der Waals surface area contributed by atoms with E-state index in [1.807, 2.05) is 55.5 Å². The number of hydrazone groups is 1. The molecule has 1 unspecified atom stereocenters. The van der Waals surface area contributed by atoms with Crippen molar-refractivity contribution in [2.75, 3.05) is 5.32 Å². The molecule has 3 aromatic rings. The van der Waals surface area contributed by atoms with Crippen LogP contribution in [0.3, 0.4) is 0 Å². The molecule has 4 rings (SSSR count). The molecular weight excluding hydrogens is 400 g/mol. The van der Waals surface area contributed by atoms with Gasteiger partial charge in [0, 0.05) is 23.9 Å². The van der Waals surface area contributed by atoms with Gasteiger partial charge in [-0.3, -0.25) is 0 Å². The summed E-state index contributed by atoms with van der Waals surface area (Å²) in [5.74, 6) is 6.75. The molecule has 158 valence electrons. The molecule has 1 aliphatic rings. The van der Waals surface area contributed by atoms with E-state index in [-0.39, 0.29) is 12.1 Å². The summed E-state index contributed by atoms with van der Waals surface area (Å²) in [5, 5.41) is 17.4. The van der Waals surface area contributed by atoms with Gasteiger partial charge in [-0.2, -0.15) is 11.3 Å². The summed E-state index contributed by atoms with van der Waals surface area (Å²) in [7, 11) is 0. The number of imidazole rings is 1. The predicted molar refractivity (Wildman–Crippen MR) is 127 cm³/mol. The van der Waals surface area contributed by atoms with Gasteiger partial charge in [-0.05, 0) is 42.2 Å². The molecule has 0 bridgehead atoms. The zero-order valence-electron chi connectivity index (χ0n) is 17.5. The number of allylic oxidation sites excluding steroid dienone is 1. The third-order valence-corrected chi connectivity index (χ3v) is 4.98. The van der Waals surface area contributed by atoms with E-state index in [4.69, 9.17) is 5.41 Å². The monoisotopic (exact) mass is 421 g/mol. The Morgan fingerprint density at radius 1 is 1.25 bits per heavy atom. The molecule has 0 radical (unpaired) electrons. The van der Waals surface area contributed by atoms with Gasteiger partial charge in [0.05, 0.1) is 12.2 Å². The third kappa shape index (κ3) is 4.82. The van der Waals surface area contributed by atoms with Crippen molar-refractivity contribution in [2.45, 2.75) is 19.4 Å². The highest BCUT2D eigenvalue weighted by molar-refractivity contribution is 5.91. The first-order chi connectivity index (χ1) is 15.6. The number of nitrogens with one attached hydrogen (secondary N) is 2. The number of hydrogen-bond acceptors (Lipinski definition) is 3. The molecule has 2 amide bonds. The average Bonchev–Trinajstić information content (AvgIpc) is 3.48. The Balaban J connectivity index is 1.49. The zero-order chi connectivity index (χ0) is 22.3. The molecule has 7 nitrogen and oxygen atoms in total. The molecule has 1 aliphatic heterocycles. The highest BCUT2D eigenvalue weighted by Crippen LogP contribution is 2.28. The van der Waals surface area contributed by atoms with Crippen LogP contribution in [-0.2, 0) is 0 Å². The molecule has 32 heavy (non-hydrogen) atoms. The van der Waals surface area contributed by atoms with Crippen molar-refractivity contribution in [3.8, 4) is 11.8 Å². The van der Waals surface area contributed by atoms with Crippen LogP contribution < -0.4 is 5.32 Å². The number of nitrogens with zero attached hydrogens (tertiary/aromatic N) is 4. The van der Waals surface area contributed by atoms with Crippen LogP contribution in [0.4, 0.5) is 10.5 Å². The Hall–Kier alpha value is -4.44. The second-order valence-electron chi connectivity index (χ2n) is 7.20. The molecular formula is C25H21N6O-. The maximum atomic E-state index is 12.9. The molecule has 2 N–H and O–H groups in total. The van der Waals surface area contributed by atoms with Crippen LogP contribution in [0, 0.1) is 18.8 Å². The van der Waals surface area contributed by atoms with Gasteiger partial charge in [0.2, 0.25) is 0 Å². The molecule has 0 aliphatic carbocycles. The maximum Gasteiger partial charge on any atom is 0.342 e. The minimum Gasteiger partial charge on any atom is -0.811 e.